The Morgan fingerprint density at radius 1 is 0.963 bits per heavy atom. The van der Waals surface area contributed by atoms with E-state index in [1.807, 2.05) is 23.9 Å². The van der Waals surface area contributed by atoms with Crippen molar-refractivity contribution in [2.75, 3.05) is 24.2 Å². The number of benzene rings is 2. The van der Waals surface area contributed by atoms with E-state index in [2.05, 4.69) is 39.6 Å². The van der Waals surface area contributed by atoms with Gasteiger partial charge in [0.1, 0.15) is 0 Å². The molecule has 0 radical (unpaired) electrons. The fourth-order valence-corrected chi connectivity index (χ4v) is 5.11. The molecule has 140 valence electrons. The molecule has 0 bridgehead atoms. The summed E-state index contributed by atoms with van der Waals surface area (Å²) >= 11 is 15.6. The number of nitrogens with zero attached hydrogens (tertiary/aromatic N) is 2. The fourth-order valence-electron chi connectivity index (χ4n) is 2.97. The van der Waals surface area contributed by atoms with Crippen molar-refractivity contribution >= 4 is 66.7 Å². The lowest BCUT2D eigenvalue weighted by atomic mass is 10.1. The van der Waals surface area contributed by atoms with Gasteiger partial charge in [-0.2, -0.15) is 0 Å². The molecule has 0 saturated carbocycles. The summed E-state index contributed by atoms with van der Waals surface area (Å²) in [5.41, 5.74) is 3.58. The lowest BCUT2D eigenvalue weighted by molar-refractivity contribution is 1.00. The molecule has 0 amide bonds. The van der Waals surface area contributed by atoms with Gasteiger partial charge < -0.3 is 5.32 Å². The summed E-state index contributed by atoms with van der Waals surface area (Å²) in [4.78, 5) is 9.09. The van der Waals surface area contributed by atoms with Gasteiger partial charge in [-0.05, 0) is 42.5 Å². The Kier molecular flexibility index (Phi) is 6.23. The van der Waals surface area contributed by atoms with Crippen LogP contribution in [0.2, 0.25) is 10.0 Å². The standard InChI is InChI=1S/C20H19Cl2N3S2/c21-15-11-17-18(12-16(15)22)27-20(25-17)24-8-7-14-3-1-13(2-4-14)5-6-19-23-9-10-26-19/h1-4,11-12H,5-10H2,(H,24,25). The van der Waals surface area contributed by atoms with Crippen molar-refractivity contribution in [1.82, 2.24) is 4.98 Å². The molecule has 1 aliphatic rings. The number of aryl methyl sites for hydroxylation is 1. The van der Waals surface area contributed by atoms with E-state index in [4.69, 9.17) is 23.2 Å². The van der Waals surface area contributed by atoms with Crippen LogP contribution in [0.15, 0.2) is 41.4 Å². The van der Waals surface area contributed by atoms with E-state index in [1.165, 1.54) is 16.2 Å². The highest BCUT2D eigenvalue weighted by molar-refractivity contribution is 8.14. The fraction of sp³-hybridized carbons (Fsp3) is 0.300. The third-order valence-corrected chi connectivity index (χ3v) is 7.17. The number of hydrogen-bond acceptors (Lipinski definition) is 5. The number of hydrogen-bond donors (Lipinski definition) is 1. The minimum Gasteiger partial charge on any atom is -0.361 e. The topological polar surface area (TPSA) is 37.3 Å². The van der Waals surface area contributed by atoms with E-state index in [0.717, 1.165) is 53.5 Å². The van der Waals surface area contributed by atoms with Crippen LogP contribution in [0, 0.1) is 0 Å². The Hall–Kier alpha value is -1.27. The summed E-state index contributed by atoms with van der Waals surface area (Å²) in [6, 6.07) is 12.6. The number of fused-ring (bicyclic) bond motifs is 1. The molecule has 1 aromatic heterocycles. The van der Waals surface area contributed by atoms with Crippen LogP contribution in [0.3, 0.4) is 0 Å². The molecule has 27 heavy (non-hydrogen) atoms. The second kappa shape index (κ2) is 8.82. The second-order valence-corrected chi connectivity index (χ2v) is 9.38. The molecular formula is C20H19Cl2N3S2. The van der Waals surface area contributed by atoms with E-state index in [0.29, 0.717) is 10.0 Å². The van der Waals surface area contributed by atoms with Crippen LogP contribution in [-0.4, -0.2) is 28.9 Å². The molecule has 0 saturated heterocycles. The molecule has 1 aliphatic heterocycles. The number of thioether (sulfide) groups is 1. The lowest BCUT2D eigenvalue weighted by Crippen LogP contribution is -2.04. The largest absolute Gasteiger partial charge is 0.361 e. The van der Waals surface area contributed by atoms with Crippen molar-refractivity contribution in [1.29, 1.82) is 0 Å². The average Bonchev–Trinajstić information content (AvgIpc) is 3.31. The molecule has 1 N–H and O–H groups in total. The molecule has 0 aliphatic carbocycles. The van der Waals surface area contributed by atoms with Crippen molar-refractivity contribution < 1.29 is 0 Å². The van der Waals surface area contributed by atoms with Crippen LogP contribution in [-0.2, 0) is 12.8 Å². The lowest BCUT2D eigenvalue weighted by Gasteiger charge is -2.05. The highest BCUT2D eigenvalue weighted by atomic mass is 35.5. The number of aliphatic imine (C=N–C) groups is 1. The van der Waals surface area contributed by atoms with Crippen LogP contribution >= 0.6 is 46.3 Å². The summed E-state index contributed by atoms with van der Waals surface area (Å²) in [7, 11) is 0. The second-order valence-electron chi connectivity index (χ2n) is 6.37. The van der Waals surface area contributed by atoms with Crippen molar-refractivity contribution in [2.45, 2.75) is 19.3 Å². The van der Waals surface area contributed by atoms with Crippen molar-refractivity contribution in [3.05, 3.63) is 57.6 Å². The third-order valence-electron chi connectivity index (χ3n) is 4.42. The third kappa shape index (κ3) is 4.96. The highest BCUT2D eigenvalue weighted by Crippen LogP contribution is 2.32. The van der Waals surface area contributed by atoms with Crippen LogP contribution in [0.5, 0.6) is 0 Å². The molecule has 2 aromatic carbocycles. The van der Waals surface area contributed by atoms with Crippen LogP contribution in [0.25, 0.3) is 10.2 Å². The Balaban J connectivity index is 1.28. The zero-order valence-electron chi connectivity index (χ0n) is 14.7. The number of rotatable bonds is 7. The first-order valence-corrected chi connectivity index (χ1v) is 11.5. The maximum absolute atomic E-state index is 6.07. The maximum atomic E-state index is 6.07. The first-order chi connectivity index (χ1) is 13.2. The number of nitrogens with one attached hydrogen (secondary N) is 1. The van der Waals surface area contributed by atoms with Gasteiger partial charge in [-0.3, -0.25) is 4.99 Å². The predicted octanol–water partition coefficient (Wildman–Crippen LogP) is 6.34. The number of thiazole rings is 1. The Morgan fingerprint density at radius 3 is 2.44 bits per heavy atom. The molecular weight excluding hydrogens is 417 g/mol. The summed E-state index contributed by atoms with van der Waals surface area (Å²) in [5, 5.41) is 6.72. The predicted molar refractivity (Wildman–Crippen MR) is 121 cm³/mol. The highest BCUT2D eigenvalue weighted by Gasteiger charge is 2.08. The molecule has 0 unspecified atom stereocenters. The van der Waals surface area contributed by atoms with Gasteiger partial charge in [-0.15, -0.1) is 11.8 Å². The van der Waals surface area contributed by atoms with E-state index in [9.17, 15) is 0 Å². The first kappa shape index (κ1) is 19.1. The Bertz CT molecular complexity index is 928. The van der Waals surface area contributed by atoms with E-state index < -0.39 is 0 Å². The van der Waals surface area contributed by atoms with Gasteiger partial charge in [0.05, 0.1) is 25.3 Å². The smallest absolute Gasteiger partial charge is 0.183 e. The summed E-state index contributed by atoms with van der Waals surface area (Å²) in [6.07, 6.45) is 3.10. The quantitative estimate of drug-likeness (QED) is 0.470. The Morgan fingerprint density at radius 2 is 1.70 bits per heavy atom. The Labute approximate surface area is 177 Å². The van der Waals surface area contributed by atoms with Gasteiger partial charge in [-0.1, -0.05) is 58.8 Å². The van der Waals surface area contributed by atoms with E-state index >= 15 is 0 Å². The summed E-state index contributed by atoms with van der Waals surface area (Å²) in [6.45, 7) is 1.83. The number of anilines is 1. The minimum atomic E-state index is 0.541. The van der Waals surface area contributed by atoms with Crippen LogP contribution in [0.1, 0.15) is 17.5 Å². The zero-order chi connectivity index (χ0) is 18.6. The molecule has 7 heteroatoms. The van der Waals surface area contributed by atoms with E-state index in [-0.39, 0.29) is 0 Å². The van der Waals surface area contributed by atoms with Crippen molar-refractivity contribution in [3.63, 3.8) is 0 Å². The van der Waals surface area contributed by atoms with Gasteiger partial charge in [-0.25, -0.2) is 4.98 Å². The first-order valence-electron chi connectivity index (χ1n) is 8.91. The molecule has 2 heterocycles. The normalized spacial score (nSPS) is 13.9. The molecule has 0 fully saturated rings. The number of halogens is 2. The number of aromatic nitrogens is 1. The maximum Gasteiger partial charge on any atom is 0.183 e. The van der Waals surface area contributed by atoms with Crippen molar-refractivity contribution in [3.8, 4) is 0 Å². The van der Waals surface area contributed by atoms with Crippen molar-refractivity contribution in [2.24, 2.45) is 4.99 Å². The van der Waals surface area contributed by atoms with Gasteiger partial charge in [0.15, 0.2) is 5.13 Å². The zero-order valence-corrected chi connectivity index (χ0v) is 17.8. The monoisotopic (exact) mass is 435 g/mol. The van der Waals surface area contributed by atoms with Gasteiger partial charge in [0.25, 0.3) is 0 Å². The average molecular weight is 436 g/mol. The molecule has 0 atom stereocenters. The van der Waals surface area contributed by atoms with Crippen LogP contribution < -0.4 is 5.32 Å². The molecule has 4 rings (SSSR count). The summed E-state index contributed by atoms with van der Waals surface area (Å²) in [5.74, 6) is 1.15. The minimum absolute atomic E-state index is 0.541. The molecule has 3 aromatic rings. The summed E-state index contributed by atoms with van der Waals surface area (Å²) < 4.78 is 1.04. The van der Waals surface area contributed by atoms with Gasteiger partial charge in [0, 0.05) is 18.8 Å². The molecule has 3 nitrogen and oxygen atoms in total. The van der Waals surface area contributed by atoms with Gasteiger partial charge >= 0.3 is 0 Å². The van der Waals surface area contributed by atoms with Gasteiger partial charge in [0.2, 0.25) is 0 Å². The molecule has 0 spiro atoms. The SMILES string of the molecule is Clc1cc2nc(NCCc3ccc(CCC4=NCCS4)cc3)sc2cc1Cl. The van der Waals surface area contributed by atoms with Crippen LogP contribution in [0.4, 0.5) is 5.13 Å². The van der Waals surface area contributed by atoms with E-state index in [1.54, 1.807) is 11.3 Å².